The Kier molecular flexibility index (Phi) is 4.19. The quantitative estimate of drug-likeness (QED) is 0.715. The molecule has 0 aliphatic rings. The lowest BCUT2D eigenvalue weighted by Crippen LogP contribution is -2.45. The first-order valence-corrected chi connectivity index (χ1v) is 5.69. The van der Waals surface area contributed by atoms with Gasteiger partial charge in [0.25, 0.3) is 0 Å². The van der Waals surface area contributed by atoms with Crippen molar-refractivity contribution in [3.05, 3.63) is 18.2 Å². The average Bonchev–Trinajstić information content (AvgIpc) is 2.29. The van der Waals surface area contributed by atoms with E-state index < -0.39 is 6.04 Å². The summed E-state index contributed by atoms with van der Waals surface area (Å²) < 4.78 is 5.03. The van der Waals surface area contributed by atoms with Gasteiger partial charge < -0.3 is 20.9 Å². The van der Waals surface area contributed by atoms with Crippen LogP contribution >= 0.6 is 0 Å². The molecule has 1 rings (SSSR count). The fourth-order valence-corrected chi connectivity index (χ4v) is 1.35. The van der Waals surface area contributed by atoms with E-state index in [1.807, 2.05) is 20.8 Å². The molecule has 0 unspecified atom stereocenters. The van der Waals surface area contributed by atoms with Crippen LogP contribution in [0.15, 0.2) is 18.2 Å². The summed E-state index contributed by atoms with van der Waals surface area (Å²) in [4.78, 5) is 11.9. The zero-order valence-corrected chi connectivity index (χ0v) is 11.2. The Morgan fingerprint density at radius 3 is 2.56 bits per heavy atom. The van der Waals surface area contributed by atoms with Crippen molar-refractivity contribution in [3.63, 3.8) is 0 Å². The van der Waals surface area contributed by atoms with Crippen molar-refractivity contribution in [2.75, 3.05) is 12.4 Å². The third kappa shape index (κ3) is 3.37. The molecular formula is C13H20N2O3. The van der Waals surface area contributed by atoms with Crippen LogP contribution in [0.4, 0.5) is 5.69 Å². The minimum atomic E-state index is -0.664. The number of ether oxygens (including phenoxy) is 1. The molecule has 100 valence electrons. The largest absolute Gasteiger partial charge is 0.506 e. The van der Waals surface area contributed by atoms with Crippen molar-refractivity contribution in [2.45, 2.75) is 26.8 Å². The van der Waals surface area contributed by atoms with Gasteiger partial charge in [0.15, 0.2) is 0 Å². The molecule has 1 aromatic carbocycles. The number of methoxy groups -OCH3 is 1. The summed E-state index contributed by atoms with van der Waals surface area (Å²) in [6.45, 7) is 5.63. The number of aromatic hydroxyl groups is 1. The molecular weight excluding hydrogens is 232 g/mol. The number of carbonyl (C=O) groups is 1. The van der Waals surface area contributed by atoms with Gasteiger partial charge in [-0.25, -0.2) is 0 Å². The van der Waals surface area contributed by atoms with Crippen LogP contribution in [0.3, 0.4) is 0 Å². The van der Waals surface area contributed by atoms with E-state index in [2.05, 4.69) is 5.32 Å². The SMILES string of the molecule is COc1ccc(O)c(NC(=O)[C@H](N)C(C)(C)C)c1. The molecule has 0 bridgehead atoms. The molecule has 1 atom stereocenters. The average molecular weight is 252 g/mol. The van der Waals surface area contributed by atoms with Gasteiger partial charge in [-0.15, -0.1) is 0 Å². The molecule has 0 saturated carbocycles. The lowest BCUT2D eigenvalue weighted by atomic mass is 9.87. The van der Waals surface area contributed by atoms with Gasteiger partial charge in [-0.2, -0.15) is 0 Å². The number of phenolic OH excluding ortho intramolecular Hbond substituents is 1. The van der Waals surface area contributed by atoms with Gasteiger partial charge >= 0.3 is 0 Å². The van der Waals surface area contributed by atoms with Gasteiger partial charge in [-0.1, -0.05) is 20.8 Å². The number of rotatable bonds is 3. The zero-order valence-electron chi connectivity index (χ0n) is 11.2. The van der Waals surface area contributed by atoms with Crippen LogP contribution in [0.5, 0.6) is 11.5 Å². The van der Waals surface area contributed by atoms with E-state index in [-0.39, 0.29) is 17.1 Å². The molecule has 1 amide bonds. The molecule has 0 radical (unpaired) electrons. The number of amides is 1. The van der Waals surface area contributed by atoms with Gasteiger partial charge in [-0.3, -0.25) is 4.79 Å². The Morgan fingerprint density at radius 2 is 2.06 bits per heavy atom. The number of nitrogens with one attached hydrogen (secondary N) is 1. The Labute approximate surface area is 107 Å². The van der Waals surface area contributed by atoms with Gasteiger partial charge in [0.2, 0.25) is 5.91 Å². The first-order chi connectivity index (χ1) is 8.25. The summed E-state index contributed by atoms with van der Waals surface area (Å²) in [5.41, 5.74) is 5.78. The topological polar surface area (TPSA) is 84.6 Å². The second-order valence-corrected chi connectivity index (χ2v) is 5.22. The van der Waals surface area contributed by atoms with Crippen LogP contribution in [-0.4, -0.2) is 24.2 Å². The van der Waals surface area contributed by atoms with Gasteiger partial charge in [0, 0.05) is 6.07 Å². The van der Waals surface area contributed by atoms with E-state index >= 15 is 0 Å². The van der Waals surface area contributed by atoms with Crippen molar-refractivity contribution in [2.24, 2.45) is 11.1 Å². The number of nitrogens with two attached hydrogens (primary N) is 1. The predicted octanol–water partition coefficient (Wildman–Crippen LogP) is 1.71. The lowest BCUT2D eigenvalue weighted by molar-refractivity contribution is -0.119. The van der Waals surface area contributed by atoms with Crippen molar-refractivity contribution >= 4 is 11.6 Å². The lowest BCUT2D eigenvalue weighted by Gasteiger charge is -2.26. The zero-order chi connectivity index (χ0) is 13.9. The maximum absolute atomic E-state index is 11.9. The summed E-state index contributed by atoms with van der Waals surface area (Å²) >= 11 is 0. The van der Waals surface area contributed by atoms with E-state index in [1.165, 1.54) is 13.2 Å². The predicted molar refractivity (Wildman–Crippen MR) is 70.7 cm³/mol. The highest BCUT2D eigenvalue weighted by molar-refractivity contribution is 5.96. The number of benzene rings is 1. The monoisotopic (exact) mass is 252 g/mol. The van der Waals surface area contributed by atoms with Crippen molar-refractivity contribution in [3.8, 4) is 11.5 Å². The molecule has 0 heterocycles. The molecule has 0 fully saturated rings. The highest BCUT2D eigenvalue weighted by Gasteiger charge is 2.27. The molecule has 0 aliphatic carbocycles. The van der Waals surface area contributed by atoms with Crippen molar-refractivity contribution in [1.29, 1.82) is 0 Å². The van der Waals surface area contributed by atoms with Crippen LogP contribution in [0, 0.1) is 5.41 Å². The molecule has 0 saturated heterocycles. The molecule has 5 heteroatoms. The Hall–Kier alpha value is -1.75. The van der Waals surface area contributed by atoms with Crippen LogP contribution in [0.1, 0.15) is 20.8 Å². The number of hydrogen-bond donors (Lipinski definition) is 3. The first-order valence-electron chi connectivity index (χ1n) is 5.69. The minimum absolute atomic E-state index is 0.0229. The number of phenols is 1. The van der Waals surface area contributed by atoms with Crippen LogP contribution < -0.4 is 15.8 Å². The number of anilines is 1. The third-order valence-corrected chi connectivity index (χ3v) is 2.68. The van der Waals surface area contributed by atoms with E-state index in [1.54, 1.807) is 12.1 Å². The Bertz CT molecular complexity index is 438. The highest BCUT2D eigenvalue weighted by atomic mass is 16.5. The second kappa shape index (κ2) is 5.27. The minimum Gasteiger partial charge on any atom is -0.506 e. The van der Waals surface area contributed by atoms with E-state index in [0.717, 1.165) is 0 Å². The molecule has 0 spiro atoms. The van der Waals surface area contributed by atoms with Crippen LogP contribution in [0.2, 0.25) is 0 Å². The molecule has 0 aromatic heterocycles. The van der Waals surface area contributed by atoms with Gasteiger partial charge in [-0.05, 0) is 17.5 Å². The summed E-state index contributed by atoms with van der Waals surface area (Å²) in [7, 11) is 1.51. The molecule has 0 aliphatic heterocycles. The fraction of sp³-hybridized carbons (Fsp3) is 0.462. The van der Waals surface area contributed by atoms with Gasteiger partial charge in [0.05, 0.1) is 18.8 Å². The maximum Gasteiger partial charge on any atom is 0.241 e. The fourth-order valence-electron chi connectivity index (χ4n) is 1.35. The van der Waals surface area contributed by atoms with E-state index in [0.29, 0.717) is 11.4 Å². The molecule has 1 aromatic rings. The van der Waals surface area contributed by atoms with E-state index in [4.69, 9.17) is 10.5 Å². The maximum atomic E-state index is 11.9. The number of hydrogen-bond acceptors (Lipinski definition) is 4. The molecule has 18 heavy (non-hydrogen) atoms. The summed E-state index contributed by atoms with van der Waals surface area (Å²) in [6, 6.07) is 3.94. The smallest absolute Gasteiger partial charge is 0.241 e. The molecule has 4 N–H and O–H groups in total. The molecule has 5 nitrogen and oxygen atoms in total. The van der Waals surface area contributed by atoms with E-state index in [9.17, 15) is 9.90 Å². The Balaban J connectivity index is 2.88. The van der Waals surface area contributed by atoms with Crippen molar-refractivity contribution < 1.29 is 14.6 Å². The van der Waals surface area contributed by atoms with Crippen LogP contribution in [-0.2, 0) is 4.79 Å². The standard InChI is InChI=1S/C13H20N2O3/c1-13(2,3)11(14)12(17)15-9-7-8(18-4)5-6-10(9)16/h5-7,11,16H,14H2,1-4H3,(H,15,17)/t11-/m0/s1. The van der Waals surface area contributed by atoms with Gasteiger partial charge in [0.1, 0.15) is 11.5 Å². The Morgan fingerprint density at radius 1 is 1.44 bits per heavy atom. The highest BCUT2D eigenvalue weighted by Crippen LogP contribution is 2.28. The van der Waals surface area contributed by atoms with Crippen LogP contribution in [0.25, 0.3) is 0 Å². The normalized spacial score (nSPS) is 12.9. The first kappa shape index (κ1) is 14.3. The summed E-state index contributed by atoms with van der Waals surface area (Å²) in [6.07, 6.45) is 0. The summed E-state index contributed by atoms with van der Waals surface area (Å²) in [5.74, 6) is 0.184. The second-order valence-electron chi connectivity index (χ2n) is 5.22. The summed E-state index contributed by atoms with van der Waals surface area (Å²) in [5, 5.41) is 12.3. The number of carbonyl (C=O) groups excluding carboxylic acids is 1. The van der Waals surface area contributed by atoms with Crippen molar-refractivity contribution in [1.82, 2.24) is 0 Å². The third-order valence-electron chi connectivity index (χ3n) is 2.68.